The van der Waals surface area contributed by atoms with E-state index >= 15 is 0 Å². The van der Waals surface area contributed by atoms with Gasteiger partial charge in [0.15, 0.2) is 5.78 Å². The second-order valence-electron chi connectivity index (χ2n) is 6.58. The van der Waals surface area contributed by atoms with Crippen LogP contribution in [0, 0.1) is 12.7 Å². The first-order valence-electron chi connectivity index (χ1n) is 9.17. The van der Waals surface area contributed by atoms with Crippen LogP contribution in [0.5, 0.6) is 0 Å². The van der Waals surface area contributed by atoms with Crippen molar-refractivity contribution in [1.82, 2.24) is 9.97 Å². The molecule has 0 radical (unpaired) electrons. The first-order valence-corrected chi connectivity index (χ1v) is 9.17. The Morgan fingerprint density at radius 3 is 2.34 bits per heavy atom. The number of carbonyl (C=O) groups excluding carboxylic acids is 2. The van der Waals surface area contributed by atoms with Crippen LogP contribution in [-0.4, -0.2) is 28.2 Å². The molecule has 2 N–H and O–H groups in total. The van der Waals surface area contributed by atoms with Gasteiger partial charge in [0.05, 0.1) is 0 Å². The van der Waals surface area contributed by atoms with Crippen molar-refractivity contribution >= 4 is 23.2 Å². The summed E-state index contributed by atoms with van der Waals surface area (Å²) >= 11 is 0. The van der Waals surface area contributed by atoms with Crippen molar-refractivity contribution in [2.75, 3.05) is 17.2 Å². The van der Waals surface area contributed by atoms with Crippen molar-refractivity contribution in [3.05, 3.63) is 83.1 Å². The molecule has 148 valence electrons. The first kappa shape index (κ1) is 20.1. The van der Waals surface area contributed by atoms with Crippen molar-refractivity contribution in [3.63, 3.8) is 0 Å². The lowest BCUT2D eigenvalue weighted by Crippen LogP contribution is -2.16. The molecule has 7 heteroatoms. The molecule has 1 aromatic heterocycles. The van der Waals surface area contributed by atoms with E-state index in [1.54, 1.807) is 49.4 Å². The average Bonchev–Trinajstić information content (AvgIpc) is 2.69. The monoisotopic (exact) mass is 392 g/mol. The van der Waals surface area contributed by atoms with Crippen LogP contribution in [-0.2, 0) is 6.42 Å². The predicted molar refractivity (Wildman–Crippen MR) is 110 cm³/mol. The number of aromatic nitrogens is 2. The summed E-state index contributed by atoms with van der Waals surface area (Å²) in [6.45, 7) is 3.78. The van der Waals surface area contributed by atoms with Gasteiger partial charge in [0.2, 0.25) is 0 Å². The lowest BCUT2D eigenvalue weighted by atomic mass is 10.1. The van der Waals surface area contributed by atoms with Gasteiger partial charge in [-0.15, -0.1) is 0 Å². The van der Waals surface area contributed by atoms with Crippen molar-refractivity contribution in [2.45, 2.75) is 20.3 Å². The van der Waals surface area contributed by atoms with E-state index in [2.05, 4.69) is 20.6 Å². The summed E-state index contributed by atoms with van der Waals surface area (Å²) in [5.41, 5.74) is 2.38. The van der Waals surface area contributed by atoms with E-state index in [0.29, 0.717) is 35.9 Å². The molecule has 0 aliphatic rings. The average molecular weight is 392 g/mol. The lowest BCUT2D eigenvalue weighted by molar-refractivity contribution is 0.101. The van der Waals surface area contributed by atoms with Crippen molar-refractivity contribution < 1.29 is 14.0 Å². The summed E-state index contributed by atoms with van der Waals surface area (Å²) in [6.07, 6.45) is 0.688. The first-order chi connectivity index (χ1) is 13.9. The van der Waals surface area contributed by atoms with Gasteiger partial charge >= 0.3 is 0 Å². The molecule has 0 bridgehead atoms. The van der Waals surface area contributed by atoms with Gasteiger partial charge < -0.3 is 10.6 Å². The summed E-state index contributed by atoms with van der Waals surface area (Å²) in [5, 5.41) is 5.93. The fraction of sp³-hybridized carbons (Fsp3) is 0.182. The number of rotatable bonds is 7. The Kier molecular flexibility index (Phi) is 6.29. The molecule has 0 fully saturated rings. The maximum Gasteiger partial charge on any atom is 0.274 e. The molecule has 1 amide bonds. The third-order valence-electron chi connectivity index (χ3n) is 4.25. The van der Waals surface area contributed by atoms with E-state index in [1.807, 2.05) is 0 Å². The molecule has 2 aromatic carbocycles. The molecule has 0 atom stereocenters. The Morgan fingerprint density at radius 2 is 1.69 bits per heavy atom. The zero-order valence-corrected chi connectivity index (χ0v) is 16.2. The normalized spacial score (nSPS) is 10.4. The number of nitrogens with one attached hydrogen (secondary N) is 2. The molecule has 0 spiro atoms. The maximum absolute atomic E-state index is 13.0. The van der Waals surface area contributed by atoms with Gasteiger partial charge in [-0.25, -0.2) is 14.4 Å². The highest BCUT2D eigenvalue weighted by atomic mass is 19.1. The SMILES string of the molecule is CC(=O)c1ccc(NC(=O)c2cc(NCCc3ccc(F)cc3)nc(C)n2)cc1. The molecule has 29 heavy (non-hydrogen) atoms. The number of anilines is 2. The van der Waals surface area contributed by atoms with Crippen molar-refractivity contribution in [2.24, 2.45) is 0 Å². The minimum absolute atomic E-state index is 0.0364. The van der Waals surface area contributed by atoms with Crippen LogP contribution >= 0.6 is 0 Å². The van der Waals surface area contributed by atoms with E-state index < -0.39 is 0 Å². The molecule has 0 aliphatic carbocycles. The second-order valence-corrected chi connectivity index (χ2v) is 6.58. The van der Waals surface area contributed by atoms with Crippen LogP contribution in [0.15, 0.2) is 54.6 Å². The van der Waals surface area contributed by atoms with Gasteiger partial charge in [-0.3, -0.25) is 9.59 Å². The number of ketones is 1. The fourth-order valence-electron chi connectivity index (χ4n) is 2.74. The highest BCUT2D eigenvalue weighted by molar-refractivity contribution is 6.03. The molecule has 0 aliphatic heterocycles. The Balaban J connectivity index is 1.63. The Hall–Kier alpha value is -3.61. The van der Waals surface area contributed by atoms with Crippen LogP contribution in [0.4, 0.5) is 15.9 Å². The van der Waals surface area contributed by atoms with Gasteiger partial charge in [-0.1, -0.05) is 12.1 Å². The maximum atomic E-state index is 13.0. The molecule has 1 heterocycles. The standard InChI is InChI=1S/C22H21FN4O2/c1-14(28)17-5-9-19(10-6-17)27-22(29)20-13-21(26-15(2)25-20)24-12-11-16-3-7-18(23)8-4-16/h3-10,13H,11-12H2,1-2H3,(H,27,29)(H,24,25,26). The van der Waals surface area contributed by atoms with E-state index in [-0.39, 0.29) is 23.2 Å². The van der Waals surface area contributed by atoms with Crippen molar-refractivity contribution in [1.29, 1.82) is 0 Å². The third-order valence-corrected chi connectivity index (χ3v) is 4.25. The van der Waals surface area contributed by atoms with E-state index in [1.165, 1.54) is 19.1 Å². The number of amides is 1. The van der Waals surface area contributed by atoms with E-state index in [0.717, 1.165) is 5.56 Å². The predicted octanol–water partition coefficient (Wildman–Crippen LogP) is 4.03. The van der Waals surface area contributed by atoms with Gasteiger partial charge in [0.1, 0.15) is 23.2 Å². The quantitative estimate of drug-likeness (QED) is 0.593. The highest BCUT2D eigenvalue weighted by Gasteiger charge is 2.11. The van der Waals surface area contributed by atoms with Crippen LogP contribution in [0.2, 0.25) is 0 Å². The van der Waals surface area contributed by atoms with Crippen LogP contribution in [0.1, 0.15) is 39.2 Å². The topological polar surface area (TPSA) is 84.0 Å². The Labute approximate surface area is 168 Å². The van der Waals surface area contributed by atoms with Gasteiger partial charge in [-0.05, 0) is 62.2 Å². The molecule has 0 unspecified atom stereocenters. The fourth-order valence-corrected chi connectivity index (χ4v) is 2.74. The zero-order valence-electron chi connectivity index (χ0n) is 16.2. The molecule has 0 saturated heterocycles. The van der Waals surface area contributed by atoms with E-state index in [4.69, 9.17) is 0 Å². The van der Waals surface area contributed by atoms with Gasteiger partial charge in [-0.2, -0.15) is 0 Å². The molecule has 3 aromatic rings. The Morgan fingerprint density at radius 1 is 1.00 bits per heavy atom. The van der Waals surface area contributed by atoms with Crippen molar-refractivity contribution in [3.8, 4) is 0 Å². The van der Waals surface area contributed by atoms with Crippen LogP contribution in [0.3, 0.4) is 0 Å². The van der Waals surface area contributed by atoms with Gasteiger partial charge in [0.25, 0.3) is 5.91 Å². The molecular weight excluding hydrogens is 371 g/mol. The molecule has 0 saturated carbocycles. The number of Topliss-reactive ketones (excluding diaryl/α,β-unsaturated/α-hetero) is 1. The molecular formula is C22H21FN4O2. The smallest absolute Gasteiger partial charge is 0.274 e. The minimum atomic E-state index is -0.368. The number of aryl methyl sites for hydroxylation is 1. The third kappa shape index (κ3) is 5.68. The number of nitrogens with zero attached hydrogens (tertiary/aromatic N) is 2. The number of halogens is 1. The summed E-state index contributed by atoms with van der Waals surface area (Å²) in [4.78, 5) is 32.4. The summed E-state index contributed by atoms with van der Waals surface area (Å²) in [5.74, 6) is 0.337. The van der Waals surface area contributed by atoms with Crippen LogP contribution < -0.4 is 10.6 Å². The largest absolute Gasteiger partial charge is 0.370 e. The molecule has 3 rings (SSSR count). The number of carbonyl (C=O) groups is 2. The van der Waals surface area contributed by atoms with Gasteiger partial charge in [0, 0.05) is 23.9 Å². The summed E-state index contributed by atoms with van der Waals surface area (Å²) in [7, 11) is 0. The Bertz CT molecular complexity index is 1020. The molecule has 6 nitrogen and oxygen atoms in total. The van der Waals surface area contributed by atoms with Crippen LogP contribution in [0.25, 0.3) is 0 Å². The number of hydrogen-bond acceptors (Lipinski definition) is 5. The zero-order chi connectivity index (χ0) is 20.8. The second kappa shape index (κ2) is 9.05. The summed E-state index contributed by atoms with van der Waals surface area (Å²) in [6, 6.07) is 14.6. The minimum Gasteiger partial charge on any atom is -0.370 e. The number of benzene rings is 2. The number of hydrogen-bond donors (Lipinski definition) is 2. The lowest BCUT2D eigenvalue weighted by Gasteiger charge is -2.10. The highest BCUT2D eigenvalue weighted by Crippen LogP contribution is 2.13. The van der Waals surface area contributed by atoms with E-state index in [9.17, 15) is 14.0 Å². The summed E-state index contributed by atoms with van der Waals surface area (Å²) < 4.78 is 13.0.